The largest absolute Gasteiger partial charge is 0.451 e. The Labute approximate surface area is 153 Å². The first-order valence-corrected chi connectivity index (χ1v) is 8.67. The molecule has 1 aromatic carbocycles. The SMILES string of the molecule is Cc1ccc(-n2nc(C)c(C(=O)OCC(=O)N[C@@H](C)C(C)C)n2)c(C)c1. The van der Waals surface area contributed by atoms with Crippen LogP contribution in [0.4, 0.5) is 0 Å². The Balaban J connectivity index is 2.06. The number of carbonyl (C=O) groups excluding carboxylic acids is 2. The summed E-state index contributed by atoms with van der Waals surface area (Å²) in [6.45, 7) is 11.2. The molecule has 0 fully saturated rings. The fraction of sp³-hybridized carbons (Fsp3) is 0.474. The van der Waals surface area contributed by atoms with Gasteiger partial charge in [0.2, 0.25) is 0 Å². The maximum atomic E-state index is 12.3. The Morgan fingerprint density at radius 1 is 1.15 bits per heavy atom. The molecule has 0 bridgehead atoms. The minimum Gasteiger partial charge on any atom is -0.451 e. The summed E-state index contributed by atoms with van der Waals surface area (Å²) in [5.41, 5.74) is 3.49. The molecule has 1 heterocycles. The summed E-state index contributed by atoms with van der Waals surface area (Å²) in [4.78, 5) is 25.5. The van der Waals surface area contributed by atoms with Gasteiger partial charge in [-0.1, -0.05) is 31.5 Å². The fourth-order valence-electron chi connectivity index (χ4n) is 2.37. The van der Waals surface area contributed by atoms with Crippen molar-refractivity contribution in [3.63, 3.8) is 0 Å². The first-order valence-electron chi connectivity index (χ1n) is 8.67. The van der Waals surface area contributed by atoms with Crippen molar-refractivity contribution in [2.45, 2.75) is 47.6 Å². The molecular weight excluding hydrogens is 332 g/mol. The predicted molar refractivity (Wildman–Crippen MR) is 98.3 cm³/mol. The van der Waals surface area contributed by atoms with Gasteiger partial charge in [-0.05, 0) is 45.2 Å². The third-order valence-electron chi connectivity index (χ3n) is 4.27. The highest BCUT2D eigenvalue weighted by Crippen LogP contribution is 2.15. The number of nitrogens with one attached hydrogen (secondary N) is 1. The maximum absolute atomic E-state index is 12.3. The van der Waals surface area contributed by atoms with Crippen molar-refractivity contribution < 1.29 is 14.3 Å². The van der Waals surface area contributed by atoms with E-state index in [0.29, 0.717) is 11.6 Å². The van der Waals surface area contributed by atoms with Gasteiger partial charge >= 0.3 is 5.97 Å². The number of rotatable bonds is 6. The van der Waals surface area contributed by atoms with Crippen molar-refractivity contribution in [1.29, 1.82) is 0 Å². The van der Waals surface area contributed by atoms with Crippen molar-refractivity contribution in [3.05, 3.63) is 40.7 Å². The molecule has 7 heteroatoms. The van der Waals surface area contributed by atoms with Crippen LogP contribution in [0.5, 0.6) is 0 Å². The molecule has 0 saturated heterocycles. The van der Waals surface area contributed by atoms with Crippen LogP contribution in [-0.2, 0) is 9.53 Å². The molecule has 2 aromatic rings. The Hall–Kier alpha value is -2.70. The van der Waals surface area contributed by atoms with Gasteiger partial charge in [-0.15, -0.1) is 5.10 Å². The molecule has 0 aliphatic carbocycles. The van der Waals surface area contributed by atoms with Crippen LogP contribution < -0.4 is 5.32 Å². The van der Waals surface area contributed by atoms with E-state index in [4.69, 9.17) is 4.74 Å². The lowest BCUT2D eigenvalue weighted by atomic mass is 10.1. The minimum absolute atomic E-state index is 0.00771. The van der Waals surface area contributed by atoms with E-state index >= 15 is 0 Å². The topological polar surface area (TPSA) is 86.1 Å². The van der Waals surface area contributed by atoms with Gasteiger partial charge in [-0.3, -0.25) is 4.79 Å². The Morgan fingerprint density at radius 3 is 2.46 bits per heavy atom. The number of carbonyl (C=O) groups is 2. The first-order chi connectivity index (χ1) is 12.2. The van der Waals surface area contributed by atoms with Crippen LogP contribution >= 0.6 is 0 Å². The number of hydrogen-bond acceptors (Lipinski definition) is 5. The van der Waals surface area contributed by atoms with Gasteiger partial charge in [0.1, 0.15) is 0 Å². The summed E-state index contributed by atoms with van der Waals surface area (Å²) < 4.78 is 5.08. The van der Waals surface area contributed by atoms with E-state index in [2.05, 4.69) is 15.5 Å². The lowest BCUT2D eigenvalue weighted by molar-refractivity contribution is -0.125. The molecule has 2 rings (SSSR count). The van der Waals surface area contributed by atoms with E-state index in [1.807, 2.05) is 52.8 Å². The highest BCUT2D eigenvalue weighted by atomic mass is 16.5. The van der Waals surface area contributed by atoms with Gasteiger partial charge in [0.25, 0.3) is 5.91 Å². The Kier molecular flexibility index (Phi) is 6.13. The maximum Gasteiger partial charge on any atom is 0.361 e. The number of hydrogen-bond donors (Lipinski definition) is 1. The quantitative estimate of drug-likeness (QED) is 0.802. The zero-order valence-electron chi connectivity index (χ0n) is 16.2. The minimum atomic E-state index is -0.661. The van der Waals surface area contributed by atoms with Crippen LogP contribution in [0.3, 0.4) is 0 Å². The second kappa shape index (κ2) is 8.12. The van der Waals surface area contributed by atoms with Crippen LogP contribution in [0, 0.1) is 26.7 Å². The van der Waals surface area contributed by atoms with Gasteiger partial charge in [-0.25, -0.2) is 4.79 Å². The van der Waals surface area contributed by atoms with Gasteiger partial charge in [0, 0.05) is 6.04 Å². The van der Waals surface area contributed by atoms with Crippen molar-refractivity contribution in [2.75, 3.05) is 6.61 Å². The number of aromatic nitrogens is 3. The highest BCUT2D eigenvalue weighted by Gasteiger charge is 2.20. The predicted octanol–water partition coefficient (Wildman–Crippen LogP) is 2.51. The molecule has 0 saturated carbocycles. The number of esters is 1. The molecule has 26 heavy (non-hydrogen) atoms. The normalized spacial score (nSPS) is 12.1. The monoisotopic (exact) mass is 358 g/mol. The molecule has 1 aromatic heterocycles. The third-order valence-corrected chi connectivity index (χ3v) is 4.27. The lowest BCUT2D eigenvalue weighted by Gasteiger charge is -2.17. The summed E-state index contributed by atoms with van der Waals surface area (Å²) in [6.07, 6.45) is 0. The summed E-state index contributed by atoms with van der Waals surface area (Å²) in [7, 11) is 0. The van der Waals surface area contributed by atoms with Gasteiger partial charge in [0.05, 0.1) is 11.4 Å². The van der Waals surface area contributed by atoms with Crippen LogP contribution in [0.1, 0.15) is 48.1 Å². The Morgan fingerprint density at radius 2 is 1.85 bits per heavy atom. The molecule has 1 atom stereocenters. The molecule has 140 valence electrons. The number of ether oxygens (including phenoxy) is 1. The van der Waals surface area contributed by atoms with Crippen LogP contribution in [-0.4, -0.2) is 39.5 Å². The van der Waals surface area contributed by atoms with E-state index in [0.717, 1.165) is 16.8 Å². The molecule has 0 spiro atoms. The number of benzene rings is 1. The van der Waals surface area contributed by atoms with E-state index < -0.39 is 5.97 Å². The second-order valence-electron chi connectivity index (χ2n) is 6.89. The molecule has 7 nitrogen and oxygen atoms in total. The van der Waals surface area contributed by atoms with Crippen molar-refractivity contribution >= 4 is 11.9 Å². The van der Waals surface area contributed by atoms with E-state index in [1.165, 1.54) is 4.80 Å². The summed E-state index contributed by atoms with van der Waals surface area (Å²) in [6, 6.07) is 5.89. The zero-order valence-corrected chi connectivity index (χ0v) is 16.2. The van der Waals surface area contributed by atoms with E-state index in [-0.39, 0.29) is 24.2 Å². The second-order valence-corrected chi connectivity index (χ2v) is 6.89. The number of aryl methyl sites for hydroxylation is 3. The Bertz CT molecular complexity index is 811. The third kappa shape index (κ3) is 4.68. The molecule has 1 amide bonds. The van der Waals surface area contributed by atoms with Crippen molar-refractivity contribution in [3.8, 4) is 5.69 Å². The molecule has 0 aliphatic heterocycles. The van der Waals surface area contributed by atoms with Gasteiger partial charge in [0.15, 0.2) is 12.3 Å². The zero-order chi connectivity index (χ0) is 19.4. The average molecular weight is 358 g/mol. The van der Waals surface area contributed by atoms with Crippen molar-refractivity contribution in [1.82, 2.24) is 20.3 Å². The van der Waals surface area contributed by atoms with Gasteiger partial charge < -0.3 is 10.1 Å². The van der Waals surface area contributed by atoms with E-state index in [1.54, 1.807) is 6.92 Å². The number of nitrogens with zero attached hydrogens (tertiary/aromatic N) is 3. The standard InChI is InChI=1S/C19H26N4O3/c1-11(2)14(5)20-17(24)10-26-19(25)18-15(6)21-23(22-18)16-8-7-12(3)9-13(16)4/h7-9,11,14H,10H2,1-6H3,(H,20,24)/t14-/m0/s1. The molecule has 0 unspecified atom stereocenters. The van der Waals surface area contributed by atoms with Crippen LogP contribution in [0.15, 0.2) is 18.2 Å². The fourth-order valence-corrected chi connectivity index (χ4v) is 2.37. The van der Waals surface area contributed by atoms with E-state index in [9.17, 15) is 9.59 Å². The molecule has 0 aliphatic rings. The van der Waals surface area contributed by atoms with Crippen LogP contribution in [0.2, 0.25) is 0 Å². The average Bonchev–Trinajstić information content (AvgIpc) is 2.94. The highest BCUT2D eigenvalue weighted by molar-refractivity contribution is 5.90. The molecule has 1 N–H and O–H groups in total. The smallest absolute Gasteiger partial charge is 0.361 e. The molecule has 0 radical (unpaired) electrons. The number of amides is 1. The summed E-state index contributed by atoms with van der Waals surface area (Å²) in [5, 5.41) is 11.3. The summed E-state index contributed by atoms with van der Waals surface area (Å²) in [5.74, 6) is -0.695. The van der Waals surface area contributed by atoms with Gasteiger partial charge in [-0.2, -0.15) is 9.90 Å². The van der Waals surface area contributed by atoms with Crippen LogP contribution in [0.25, 0.3) is 5.69 Å². The van der Waals surface area contributed by atoms with Crippen molar-refractivity contribution in [2.24, 2.45) is 5.92 Å². The lowest BCUT2D eigenvalue weighted by Crippen LogP contribution is -2.38. The summed E-state index contributed by atoms with van der Waals surface area (Å²) >= 11 is 0. The first kappa shape index (κ1) is 19.6. The molecular formula is C19H26N4O3.